The summed E-state index contributed by atoms with van der Waals surface area (Å²) in [6.07, 6.45) is 2.07. The Labute approximate surface area is 186 Å². The molecule has 2 amide bonds. The molecule has 0 aliphatic carbocycles. The molecule has 0 unspecified atom stereocenters. The van der Waals surface area contributed by atoms with Gasteiger partial charge in [-0.15, -0.1) is 0 Å². The minimum Gasteiger partial charge on any atom is -0.483 e. The molecule has 1 N–H and O–H groups in total. The highest BCUT2D eigenvalue weighted by Crippen LogP contribution is 2.21. The van der Waals surface area contributed by atoms with Crippen LogP contribution in [0.5, 0.6) is 5.75 Å². The van der Waals surface area contributed by atoms with E-state index in [0.717, 1.165) is 23.1 Å². The van der Waals surface area contributed by atoms with E-state index in [4.69, 9.17) is 4.74 Å². The average Bonchev–Trinajstić information content (AvgIpc) is 2.77. The number of carbonyl (C=O) groups is 2. The third-order valence-electron chi connectivity index (χ3n) is 5.78. The molecule has 31 heavy (non-hydrogen) atoms. The molecule has 5 nitrogen and oxygen atoms in total. The van der Waals surface area contributed by atoms with Crippen molar-refractivity contribution in [1.82, 2.24) is 10.2 Å². The molecular formula is C26H36N2O3. The Balaban J connectivity index is 2.16. The van der Waals surface area contributed by atoms with E-state index >= 15 is 0 Å². The number of hydrogen-bond donors (Lipinski definition) is 1. The van der Waals surface area contributed by atoms with E-state index in [0.29, 0.717) is 25.1 Å². The Bertz CT molecular complexity index is 851. The van der Waals surface area contributed by atoms with Gasteiger partial charge in [0.25, 0.3) is 5.91 Å². The van der Waals surface area contributed by atoms with E-state index in [2.05, 4.69) is 5.32 Å². The first-order valence-corrected chi connectivity index (χ1v) is 11.2. The van der Waals surface area contributed by atoms with Gasteiger partial charge in [-0.3, -0.25) is 9.59 Å². The van der Waals surface area contributed by atoms with Crippen molar-refractivity contribution in [3.8, 4) is 5.75 Å². The van der Waals surface area contributed by atoms with Gasteiger partial charge >= 0.3 is 0 Å². The molecule has 0 heterocycles. The summed E-state index contributed by atoms with van der Waals surface area (Å²) in [5.74, 6) is 0.418. The summed E-state index contributed by atoms with van der Waals surface area (Å²) in [5, 5.41) is 3.03. The van der Waals surface area contributed by atoms with Crippen LogP contribution in [0.2, 0.25) is 0 Å². The lowest BCUT2D eigenvalue weighted by Crippen LogP contribution is -2.52. The fraction of sp³-hybridized carbons (Fsp3) is 0.462. The fourth-order valence-corrected chi connectivity index (χ4v) is 3.44. The normalized spacial score (nSPS) is 12.7. The Morgan fingerprint density at radius 3 is 2.35 bits per heavy atom. The van der Waals surface area contributed by atoms with Crippen molar-refractivity contribution >= 4 is 11.8 Å². The molecular weight excluding hydrogens is 388 g/mol. The lowest BCUT2D eigenvalue weighted by Gasteiger charge is -2.31. The monoisotopic (exact) mass is 424 g/mol. The minimum atomic E-state index is -0.521. The average molecular weight is 425 g/mol. The van der Waals surface area contributed by atoms with Crippen LogP contribution >= 0.6 is 0 Å². The van der Waals surface area contributed by atoms with Crippen LogP contribution in [0, 0.1) is 13.8 Å². The maximum absolute atomic E-state index is 13.2. The number of aryl methyl sites for hydroxylation is 1. The number of nitrogens with one attached hydrogen (secondary N) is 1. The molecule has 168 valence electrons. The molecule has 0 saturated carbocycles. The van der Waals surface area contributed by atoms with Crippen molar-refractivity contribution in [3.63, 3.8) is 0 Å². The van der Waals surface area contributed by atoms with Gasteiger partial charge in [0.2, 0.25) is 5.91 Å². The smallest absolute Gasteiger partial charge is 0.261 e. The van der Waals surface area contributed by atoms with Crippen LogP contribution < -0.4 is 10.1 Å². The number of nitrogens with zero attached hydrogens (tertiary/aromatic N) is 1. The van der Waals surface area contributed by atoms with E-state index in [9.17, 15) is 9.59 Å². The Hall–Kier alpha value is -2.82. The third-order valence-corrected chi connectivity index (χ3v) is 5.78. The zero-order valence-electron chi connectivity index (χ0n) is 19.5. The van der Waals surface area contributed by atoms with Gasteiger partial charge in [-0.25, -0.2) is 0 Å². The minimum absolute atomic E-state index is 0.0684. The predicted molar refractivity (Wildman–Crippen MR) is 125 cm³/mol. The largest absolute Gasteiger partial charge is 0.483 e. The maximum atomic E-state index is 13.2. The lowest BCUT2D eigenvalue weighted by molar-refractivity contribution is -0.142. The number of rotatable bonds is 11. The standard InChI is InChI=1S/C26H36N2O3/c1-6-20(4)27-26(30)23(7-2)28(17-16-22-13-9-8-10-14-22)25(29)18-31-24-15-11-12-19(3)21(24)5/h8-15,20,23H,6-7,16-18H2,1-5H3,(H,27,30)/t20-,23+/m1/s1. The van der Waals surface area contributed by atoms with Crippen molar-refractivity contribution in [1.29, 1.82) is 0 Å². The Morgan fingerprint density at radius 2 is 1.71 bits per heavy atom. The number of ether oxygens (including phenoxy) is 1. The van der Waals surface area contributed by atoms with Crippen molar-refractivity contribution in [3.05, 3.63) is 65.2 Å². The number of carbonyl (C=O) groups excluding carboxylic acids is 2. The zero-order valence-corrected chi connectivity index (χ0v) is 19.5. The summed E-state index contributed by atoms with van der Waals surface area (Å²) in [6.45, 7) is 10.3. The molecule has 0 aliphatic rings. The summed E-state index contributed by atoms with van der Waals surface area (Å²) < 4.78 is 5.87. The SMILES string of the molecule is CC[C@@H](C)NC(=O)[C@H](CC)N(CCc1ccccc1)C(=O)COc1cccc(C)c1C. The highest BCUT2D eigenvalue weighted by Gasteiger charge is 2.29. The first-order chi connectivity index (χ1) is 14.9. The van der Waals surface area contributed by atoms with Gasteiger partial charge in [0, 0.05) is 12.6 Å². The third kappa shape index (κ3) is 7.12. The molecule has 0 saturated heterocycles. The highest BCUT2D eigenvalue weighted by atomic mass is 16.5. The van der Waals surface area contributed by atoms with Gasteiger partial charge in [0.15, 0.2) is 6.61 Å². The van der Waals surface area contributed by atoms with E-state index in [1.54, 1.807) is 4.90 Å². The summed E-state index contributed by atoms with van der Waals surface area (Å²) in [5.41, 5.74) is 3.27. The Kier molecular flexibility index (Phi) is 9.57. The van der Waals surface area contributed by atoms with Gasteiger partial charge in [-0.2, -0.15) is 0 Å². The van der Waals surface area contributed by atoms with Crippen LogP contribution in [0.25, 0.3) is 0 Å². The second-order valence-electron chi connectivity index (χ2n) is 8.05. The van der Waals surface area contributed by atoms with Crippen LogP contribution in [0.1, 0.15) is 50.3 Å². The second-order valence-corrected chi connectivity index (χ2v) is 8.05. The van der Waals surface area contributed by atoms with Gasteiger partial charge < -0.3 is 15.0 Å². The molecule has 0 fully saturated rings. The summed E-state index contributed by atoms with van der Waals surface area (Å²) in [6, 6.07) is 15.4. The number of hydrogen-bond acceptors (Lipinski definition) is 3. The quantitative estimate of drug-likeness (QED) is 0.580. The van der Waals surface area contributed by atoms with E-state index < -0.39 is 6.04 Å². The first-order valence-electron chi connectivity index (χ1n) is 11.2. The van der Waals surface area contributed by atoms with E-state index in [1.165, 1.54) is 0 Å². The summed E-state index contributed by atoms with van der Waals surface area (Å²) in [4.78, 5) is 27.8. The van der Waals surface area contributed by atoms with Crippen molar-refractivity contribution < 1.29 is 14.3 Å². The van der Waals surface area contributed by atoms with Crippen LogP contribution in [0.4, 0.5) is 0 Å². The van der Waals surface area contributed by atoms with Crippen molar-refractivity contribution in [2.45, 2.75) is 66.0 Å². The van der Waals surface area contributed by atoms with Crippen LogP contribution in [-0.2, 0) is 16.0 Å². The van der Waals surface area contributed by atoms with Crippen LogP contribution in [0.3, 0.4) is 0 Å². The van der Waals surface area contributed by atoms with E-state index in [1.807, 2.05) is 83.1 Å². The number of amides is 2. The molecule has 0 spiro atoms. The second kappa shape index (κ2) is 12.1. The molecule has 0 radical (unpaired) electrons. The predicted octanol–water partition coefficient (Wildman–Crippen LogP) is 4.45. The van der Waals surface area contributed by atoms with Gasteiger partial charge in [0.1, 0.15) is 11.8 Å². The van der Waals surface area contributed by atoms with Gasteiger partial charge in [-0.05, 0) is 62.8 Å². The topological polar surface area (TPSA) is 58.6 Å². The summed E-state index contributed by atoms with van der Waals surface area (Å²) >= 11 is 0. The van der Waals surface area contributed by atoms with Crippen LogP contribution in [0.15, 0.2) is 48.5 Å². The molecule has 5 heteroatoms. The molecule has 2 rings (SSSR count). The van der Waals surface area contributed by atoms with Gasteiger partial charge in [0.05, 0.1) is 0 Å². The summed E-state index contributed by atoms with van der Waals surface area (Å²) in [7, 11) is 0. The molecule has 2 atom stereocenters. The fourth-order valence-electron chi connectivity index (χ4n) is 3.44. The molecule has 0 aliphatic heterocycles. The van der Waals surface area contributed by atoms with Crippen molar-refractivity contribution in [2.24, 2.45) is 0 Å². The van der Waals surface area contributed by atoms with Gasteiger partial charge in [-0.1, -0.05) is 56.3 Å². The van der Waals surface area contributed by atoms with Crippen molar-refractivity contribution in [2.75, 3.05) is 13.2 Å². The Morgan fingerprint density at radius 1 is 1.00 bits per heavy atom. The van der Waals surface area contributed by atoms with Crippen LogP contribution in [-0.4, -0.2) is 41.9 Å². The lowest BCUT2D eigenvalue weighted by atomic mass is 10.1. The molecule has 2 aromatic carbocycles. The van der Waals surface area contributed by atoms with E-state index in [-0.39, 0.29) is 24.5 Å². The number of benzene rings is 2. The molecule has 2 aromatic rings. The zero-order chi connectivity index (χ0) is 22.8. The molecule has 0 aromatic heterocycles. The highest BCUT2D eigenvalue weighted by molar-refractivity contribution is 5.88. The first kappa shape index (κ1) is 24.4. The maximum Gasteiger partial charge on any atom is 0.261 e. The molecule has 0 bridgehead atoms.